The van der Waals surface area contributed by atoms with Crippen molar-refractivity contribution in [3.05, 3.63) is 29.3 Å². The Labute approximate surface area is 186 Å². The number of aryl methyl sites for hydroxylation is 2. The van der Waals surface area contributed by atoms with Gasteiger partial charge in [-0.2, -0.15) is 4.31 Å². The molecule has 7 nitrogen and oxygen atoms in total. The average molecular weight is 450 g/mol. The molecule has 1 fully saturated rings. The average Bonchev–Trinajstić information content (AvgIpc) is 2.79. The van der Waals surface area contributed by atoms with E-state index in [0.717, 1.165) is 24.8 Å². The van der Waals surface area contributed by atoms with Gasteiger partial charge in [-0.15, -0.1) is 0 Å². The van der Waals surface area contributed by atoms with Crippen LogP contribution in [0.25, 0.3) is 0 Å². The molecule has 0 saturated carbocycles. The van der Waals surface area contributed by atoms with Crippen molar-refractivity contribution in [3.63, 3.8) is 0 Å². The summed E-state index contributed by atoms with van der Waals surface area (Å²) in [4.78, 5) is 28.4. The van der Waals surface area contributed by atoms with Crippen LogP contribution in [0.2, 0.25) is 0 Å². The molecule has 2 aliphatic rings. The highest BCUT2D eigenvalue weighted by molar-refractivity contribution is 7.89. The Hall–Kier alpha value is -1.93. The smallest absolute Gasteiger partial charge is 0.243 e. The summed E-state index contributed by atoms with van der Waals surface area (Å²) in [6, 6.07) is 5.53. The van der Waals surface area contributed by atoms with Crippen molar-refractivity contribution in [3.8, 4) is 0 Å². The number of amides is 2. The summed E-state index contributed by atoms with van der Waals surface area (Å²) in [6.07, 6.45) is 5.47. The quantitative estimate of drug-likeness (QED) is 0.611. The second-order valence-corrected chi connectivity index (χ2v) is 10.3. The molecule has 0 unspecified atom stereocenters. The molecular weight excluding hydrogens is 414 g/mol. The van der Waals surface area contributed by atoms with Gasteiger partial charge in [-0.25, -0.2) is 8.42 Å². The van der Waals surface area contributed by atoms with Crippen LogP contribution in [0, 0.1) is 0 Å². The molecule has 1 saturated heterocycles. The Bertz CT molecular complexity index is 888. The molecule has 1 aliphatic heterocycles. The third kappa shape index (κ3) is 5.66. The van der Waals surface area contributed by atoms with Crippen LogP contribution in [-0.2, 0) is 32.5 Å². The molecule has 1 aromatic carbocycles. The van der Waals surface area contributed by atoms with E-state index in [1.165, 1.54) is 16.3 Å². The first-order chi connectivity index (χ1) is 14.9. The lowest BCUT2D eigenvalue weighted by molar-refractivity contribution is -0.133. The first-order valence-electron chi connectivity index (χ1n) is 11.5. The van der Waals surface area contributed by atoms with Crippen LogP contribution in [0.3, 0.4) is 0 Å². The van der Waals surface area contributed by atoms with Crippen LogP contribution in [0.15, 0.2) is 23.1 Å². The van der Waals surface area contributed by atoms with Gasteiger partial charge in [-0.1, -0.05) is 6.07 Å². The summed E-state index contributed by atoms with van der Waals surface area (Å²) in [7, 11) is -3.54. The van der Waals surface area contributed by atoms with Crippen molar-refractivity contribution in [1.82, 2.24) is 14.1 Å². The van der Waals surface area contributed by atoms with Gasteiger partial charge < -0.3 is 9.80 Å². The van der Waals surface area contributed by atoms with E-state index in [1.54, 1.807) is 15.9 Å². The lowest BCUT2D eigenvalue weighted by Gasteiger charge is -2.34. The molecule has 8 heteroatoms. The molecule has 172 valence electrons. The van der Waals surface area contributed by atoms with Crippen LogP contribution < -0.4 is 0 Å². The summed E-state index contributed by atoms with van der Waals surface area (Å²) < 4.78 is 27.7. The fourth-order valence-corrected chi connectivity index (χ4v) is 5.95. The van der Waals surface area contributed by atoms with Gasteiger partial charge in [0, 0.05) is 52.1 Å². The molecule has 2 amide bonds. The zero-order valence-electron chi connectivity index (χ0n) is 18.8. The van der Waals surface area contributed by atoms with Gasteiger partial charge in [0.1, 0.15) is 0 Å². The monoisotopic (exact) mass is 449 g/mol. The molecule has 31 heavy (non-hydrogen) atoms. The van der Waals surface area contributed by atoms with E-state index in [4.69, 9.17) is 0 Å². The van der Waals surface area contributed by atoms with Crippen LogP contribution in [0.1, 0.15) is 57.1 Å². The second kappa shape index (κ2) is 10.6. The highest BCUT2D eigenvalue weighted by Crippen LogP contribution is 2.26. The predicted molar refractivity (Wildman–Crippen MR) is 120 cm³/mol. The van der Waals surface area contributed by atoms with E-state index in [1.807, 2.05) is 26.0 Å². The minimum absolute atomic E-state index is 0.00169. The maximum atomic E-state index is 13.1. The summed E-state index contributed by atoms with van der Waals surface area (Å²) in [5, 5.41) is 0. The zero-order chi connectivity index (χ0) is 22.4. The van der Waals surface area contributed by atoms with Crippen molar-refractivity contribution in [2.24, 2.45) is 0 Å². The molecule has 3 rings (SSSR count). The number of hydrogen-bond donors (Lipinski definition) is 0. The molecule has 1 aromatic rings. The minimum atomic E-state index is -3.54. The van der Waals surface area contributed by atoms with Crippen molar-refractivity contribution >= 4 is 21.8 Å². The van der Waals surface area contributed by atoms with E-state index in [2.05, 4.69) is 0 Å². The number of nitrogens with zero attached hydrogens (tertiary/aromatic N) is 3. The number of benzene rings is 1. The standard InChI is InChI=1S/C23H35N3O4S/c1-3-24(4-2)22(27)10-7-11-23(28)25-14-16-26(17-15-25)31(29,30)21-13-12-19-8-5-6-9-20(19)18-21/h12-13,18H,3-11,14-17H2,1-2H3. The maximum absolute atomic E-state index is 13.1. The normalized spacial score (nSPS) is 17.3. The fourth-order valence-electron chi connectivity index (χ4n) is 4.48. The van der Waals surface area contributed by atoms with Crippen LogP contribution in [0.4, 0.5) is 0 Å². The highest BCUT2D eigenvalue weighted by Gasteiger charge is 2.30. The number of carbonyl (C=O) groups excluding carboxylic acids is 2. The largest absolute Gasteiger partial charge is 0.343 e. The Morgan fingerprint density at radius 2 is 1.58 bits per heavy atom. The number of hydrogen-bond acceptors (Lipinski definition) is 4. The number of rotatable bonds is 8. The van der Waals surface area contributed by atoms with Gasteiger partial charge in [0.2, 0.25) is 21.8 Å². The summed E-state index contributed by atoms with van der Waals surface area (Å²) >= 11 is 0. The van der Waals surface area contributed by atoms with Gasteiger partial charge >= 0.3 is 0 Å². The lowest BCUT2D eigenvalue weighted by atomic mass is 9.92. The number of sulfonamides is 1. The number of piperazine rings is 1. The molecule has 0 bridgehead atoms. The minimum Gasteiger partial charge on any atom is -0.343 e. The predicted octanol–water partition coefficient (Wildman–Crippen LogP) is 2.44. The molecule has 0 atom stereocenters. The first-order valence-corrected chi connectivity index (χ1v) is 13.0. The van der Waals surface area contributed by atoms with Crippen LogP contribution in [0.5, 0.6) is 0 Å². The molecule has 0 aromatic heterocycles. The molecule has 0 radical (unpaired) electrons. The van der Waals surface area contributed by atoms with Crippen molar-refractivity contribution in [1.29, 1.82) is 0 Å². The number of carbonyl (C=O) groups is 2. The summed E-state index contributed by atoms with van der Waals surface area (Å²) in [5.74, 6) is 0.0805. The van der Waals surface area contributed by atoms with Crippen molar-refractivity contribution < 1.29 is 18.0 Å². The Balaban J connectivity index is 1.50. The third-order valence-electron chi connectivity index (χ3n) is 6.45. The van der Waals surface area contributed by atoms with Crippen molar-refractivity contribution in [2.75, 3.05) is 39.3 Å². The van der Waals surface area contributed by atoms with Crippen LogP contribution in [-0.4, -0.2) is 73.6 Å². The fraction of sp³-hybridized carbons (Fsp3) is 0.652. The molecule has 1 heterocycles. The van der Waals surface area contributed by atoms with Gasteiger partial charge in [0.25, 0.3) is 0 Å². The molecular formula is C23H35N3O4S. The summed E-state index contributed by atoms with van der Waals surface area (Å²) in [5.41, 5.74) is 2.42. The molecule has 0 spiro atoms. The Morgan fingerprint density at radius 3 is 2.23 bits per heavy atom. The topological polar surface area (TPSA) is 78.0 Å². The van der Waals surface area contributed by atoms with Gasteiger partial charge in [0.05, 0.1) is 4.90 Å². The van der Waals surface area contributed by atoms with Crippen molar-refractivity contribution in [2.45, 2.75) is 63.7 Å². The third-order valence-corrected chi connectivity index (χ3v) is 8.34. The first kappa shape index (κ1) is 23.7. The second-order valence-electron chi connectivity index (χ2n) is 8.34. The summed E-state index contributed by atoms with van der Waals surface area (Å²) in [6.45, 7) is 6.68. The maximum Gasteiger partial charge on any atom is 0.243 e. The highest BCUT2D eigenvalue weighted by atomic mass is 32.2. The molecule has 1 aliphatic carbocycles. The van der Waals surface area contributed by atoms with E-state index >= 15 is 0 Å². The van der Waals surface area contributed by atoms with E-state index in [9.17, 15) is 18.0 Å². The van der Waals surface area contributed by atoms with Gasteiger partial charge in [-0.05, 0) is 69.2 Å². The number of fused-ring (bicyclic) bond motifs is 1. The zero-order valence-corrected chi connectivity index (χ0v) is 19.6. The van der Waals surface area contributed by atoms with E-state index in [0.29, 0.717) is 63.4 Å². The van der Waals surface area contributed by atoms with E-state index in [-0.39, 0.29) is 11.8 Å². The molecule has 0 N–H and O–H groups in total. The lowest BCUT2D eigenvalue weighted by Crippen LogP contribution is -2.50. The van der Waals surface area contributed by atoms with Gasteiger partial charge in [0.15, 0.2) is 0 Å². The van der Waals surface area contributed by atoms with Gasteiger partial charge in [-0.3, -0.25) is 9.59 Å². The van der Waals surface area contributed by atoms with Crippen LogP contribution >= 0.6 is 0 Å². The Morgan fingerprint density at radius 1 is 0.935 bits per heavy atom. The van der Waals surface area contributed by atoms with E-state index < -0.39 is 10.0 Å². The Kier molecular flexibility index (Phi) is 8.11. The SMILES string of the molecule is CCN(CC)C(=O)CCCC(=O)N1CCN(S(=O)(=O)c2ccc3c(c2)CCCC3)CC1.